The van der Waals surface area contributed by atoms with Crippen LogP contribution in [-0.2, 0) is 17.8 Å². The molecule has 0 aromatic heterocycles. The van der Waals surface area contributed by atoms with Crippen molar-refractivity contribution >= 4 is 41.5 Å². The molecular formula is C19H25IN4O. The third-order valence-electron chi connectivity index (χ3n) is 3.56. The molecule has 0 saturated heterocycles. The molecule has 4 N–H and O–H groups in total. The predicted molar refractivity (Wildman–Crippen MR) is 114 cm³/mol. The molecule has 0 aliphatic rings. The number of anilines is 1. The second-order valence-electron chi connectivity index (χ2n) is 5.46. The van der Waals surface area contributed by atoms with Gasteiger partial charge in [-0.25, -0.2) is 0 Å². The van der Waals surface area contributed by atoms with Gasteiger partial charge in [0.25, 0.3) is 0 Å². The van der Waals surface area contributed by atoms with Crippen LogP contribution in [0.2, 0.25) is 0 Å². The molecule has 0 radical (unpaired) electrons. The van der Waals surface area contributed by atoms with Crippen LogP contribution in [0.15, 0.2) is 59.6 Å². The molecule has 2 aromatic rings. The molecule has 0 atom stereocenters. The number of nitrogens with two attached hydrogens (primary N) is 1. The van der Waals surface area contributed by atoms with E-state index >= 15 is 0 Å². The first-order valence-corrected chi connectivity index (χ1v) is 8.14. The summed E-state index contributed by atoms with van der Waals surface area (Å²) in [5.41, 5.74) is 9.07. The van der Waals surface area contributed by atoms with E-state index in [2.05, 4.69) is 28.6 Å². The molecule has 0 aliphatic carbocycles. The van der Waals surface area contributed by atoms with Crippen LogP contribution in [0.4, 0.5) is 5.69 Å². The highest BCUT2D eigenvalue weighted by atomic mass is 127. The van der Waals surface area contributed by atoms with E-state index < -0.39 is 0 Å². The van der Waals surface area contributed by atoms with Gasteiger partial charge in [0.1, 0.15) is 0 Å². The van der Waals surface area contributed by atoms with Gasteiger partial charge in [-0.05, 0) is 29.7 Å². The number of amides is 1. The Kier molecular flexibility index (Phi) is 9.61. The number of aliphatic imine (C=N–C) groups is 1. The van der Waals surface area contributed by atoms with Crippen molar-refractivity contribution < 1.29 is 4.79 Å². The number of benzene rings is 2. The van der Waals surface area contributed by atoms with Crippen LogP contribution in [0.5, 0.6) is 0 Å². The van der Waals surface area contributed by atoms with Gasteiger partial charge < -0.3 is 16.4 Å². The molecule has 1 amide bonds. The Labute approximate surface area is 166 Å². The van der Waals surface area contributed by atoms with Crippen molar-refractivity contribution in [2.45, 2.75) is 26.3 Å². The zero-order valence-corrected chi connectivity index (χ0v) is 16.7. The third-order valence-corrected chi connectivity index (χ3v) is 3.56. The summed E-state index contributed by atoms with van der Waals surface area (Å²) in [6.45, 7) is 2.98. The first kappa shape index (κ1) is 21.0. The molecule has 0 heterocycles. The van der Waals surface area contributed by atoms with Crippen molar-refractivity contribution in [2.75, 3.05) is 11.9 Å². The maximum atomic E-state index is 11.8. The number of nitrogens with zero attached hydrogens (tertiary/aromatic N) is 1. The van der Waals surface area contributed by atoms with Crippen molar-refractivity contribution in [3.05, 3.63) is 65.7 Å². The molecule has 0 saturated carbocycles. The SMILES string of the molecule is CCc1cccc(NC(N)=NCCC(=O)NCc2ccccc2)c1.I. The van der Waals surface area contributed by atoms with E-state index in [9.17, 15) is 4.79 Å². The number of carbonyl (C=O) groups excluding carboxylic acids is 1. The van der Waals surface area contributed by atoms with Crippen molar-refractivity contribution in [3.8, 4) is 0 Å². The van der Waals surface area contributed by atoms with Crippen LogP contribution in [0.1, 0.15) is 24.5 Å². The Morgan fingerprint density at radius 3 is 2.52 bits per heavy atom. The van der Waals surface area contributed by atoms with Gasteiger partial charge in [-0.15, -0.1) is 24.0 Å². The van der Waals surface area contributed by atoms with Crippen LogP contribution in [0.25, 0.3) is 0 Å². The van der Waals surface area contributed by atoms with Gasteiger partial charge in [-0.2, -0.15) is 0 Å². The molecule has 2 aromatic carbocycles. The number of hydrogen-bond acceptors (Lipinski definition) is 2. The summed E-state index contributed by atoms with van der Waals surface area (Å²) in [7, 11) is 0. The minimum absolute atomic E-state index is 0. The minimum Gasteiger partial charge on any atom is -0.370 e. The molecule has 6 heteroatoms. The fraction of sp³-hybridized carbons (Fsp3) is 0.263. The number of rotatable bonds is 7. The molecule has 0 fully saturated rings. The van der Waals surface area contributed by atoms with Gasteiger partial charge in [0.05, 0.1) is 6.54 Å². The van der Waals surface area contributed by atoms with E-state index in [-0.39, 0.29) is 29.9 Å². The van der Waals surface area contributed by atoms with E-state index in [0.717, 1.165) is 17.7 Å². The summed E-state index contributed by atoms with van der Waals surface area (Å²) in [4.78, 5) is 16.0. The quantitative estimate of drug-likeness (QED) is 0.343. The Balaban J connectivity index is 0.00000312. The smallest absolute Gasteiger partial charge is 0.222 e. The molecule has 0 unspecified atom stereocenters. The number of nitrogens with one attached hydrogen (secondary N) is 2. The number of carbonyl (C=O) groups is 1. The molecule has 2 rings (SSSR count). The van der Waals surface area contributed by atoms with E-state index in [0.29, 0.717) is 25.5 Å². The average molecular weight is 452 g/mol. The second kappa shape index (κ2) is 11.5. The van der Waals surface area contributed by atoms with Crippen molar-refractivity contribution in [3.63, 3.8) is 0 Å². The van der Waals surface area contributed by atoms with E-state index in [1.807, 2.05) is 48.5 Å². The monoisotopic (exact) mass is 452 g/mol. The fourth-order valence-corrected chi connectivity index (χ4v) is 2.22. The number of halogens is 1. The first-order chi connectivity index (χ1) is 11.7. The Hall–Kier alpha value is -2.09. The van der Waals surface area contributed by atoms with Crippen molar-refractivity contribution in [2.24, 2.45) is 10.7 Å². The van der Waals surface area contributed by atoms with Crippen LogP contribution in [-0.4, -0.2) is 18.4 Å². The van der Waals surface area contributed by atoms with Crippen LogP contribution in [0, 0.1) is 0 Å². The molecule has 134 valence electrons. The lowest BCUT2D eigenvalue weighted by Crippen LogP contribution is -2.25. The van der Waals surface area contributed by atoms with Crippen molar-refractivity contribution in [1.82, 2.24) is 5.32 Å². The lowest BCUT2D eigenvalue weighted by atomic mass is 10.1. The number of hydrogen-bond donors (Lipinski definition) is 3. The highest BCUT2D eigenvalue weighted by Gasteiger charge is 2.01. The molecule has 5 nitrogen and oxygen atoms in total. The first-order valence-electron chi connectivity index (χ1n) is 8.14. The maximum absolute atomic E-state index is 11.8. The summed E-state index contributed by atoms with van der Waals surface area (Å²) in [5.74, 6) is 0.280. The van der Waals surface area contributed by atoms with Gasteiger partial charge >= 0.3 is 0 Å². The highest BCUT2D eigenvalue weighted by Crippen LogP contribution is 2.10. The Morgan fingerprint density at radius 2 is 1.80 bits per heavy atom. The zero-order chi connectivity index (χ0) is 17.2. The highest BCUT2D eigenvalue weighted by molar-refractivity contribution is 14.0. The predicted octanol–water partition coefficient (Wildman–Crippen LogP) is 3.30. The molecule has 0 aliphatic heterocycles. The third kappa shape index (κ3) is 8.02. The summed E-state index contributed by atoms with van der Waals surface area (Å²) >= 11 is 0. The summed E-state index contributed by atoms with van der Waals surface area (Å²) in [6.07, 6.45) is 1.28. The molecular weight excluding hydrogens is 427 g/mol. The largest absolute Gasteiger partial charge is 0.370 e. The van der Waals surface area contributed by atoms with Crippen molar-refractivity contribution in [1.29, 1.82) is 0 Å². The molecule has 0 spiro atoms. The Morgan fingerprint density at radius 1 is 1.08 bits per heavy atom. The Bertz CT molecular complexity index is 689. The van der Waals surface area contributed by atoms with Crippen LogP contribution in [0.3, 0.4) is 0 Å². The number of guanidine groups is 1. The fourth-order valence-electron chi connectivity index (χ4n) is 2.22. The number of aryl methyl sites for hydroxylation is 1. The standard InChI is InChI=1S/C19H24N4O.HI/c1-2-15-9-6-10-17(13-15)23-19(20)21-12-11-18(24)22-14-16-7-4-3-5-8-16;/h3-10,13H,2,11-12,14H2,1H3,(H,22,24)(H3,20,21,23);1H. The summed E-state index contributed by atoms with van der Waals surface area (Å²) < 4.78 is 0. The molecule has 25 heavy (non-hydrogen) atoms. The van der Waals surface area contributed by atoms with Gasteiger partial charge in [-0.3, -0.25) is 9.79 Å². The van der Waals surface area contributed by atoms with Gasteiger partial charge in [0, 0.05) is 18.7 Å². The lowest BCUT2D eigenvalue weighted by Gasteiger charge is -2.07. The average Bonchev–Trinajstić information content (AvgIpc) is 2.61. The summed E-state index contributed by atoms with van der Waals surface area (Å²) in [6, 6.07) is 17.8. The van der Waals surface area contributed by atoms with Crippen LogP contribution < -0.4 is 16.4 Å². The van der Waals surface area contributed by atoms with Crippen LogP contribution >= 0.6 is 24.0 Å². The van der Waals surface area contributed by atoms with Gasteiger partial charge in [-0.1, -0.05) is 49.4 Å². The van der Waals surface area contributed by atoms with Gasteiger partial charge in [0.15, 0.2) is 5.96 Å². The van der Waals surface area contributed by atoms with E-state index in [1.165, 1.54) is 5.56 Å². The normalized spacial score (nSPS) is 10.7. The molecule has 0 bridgehead atoms. The zero-order valence-electron chi connectivity index (χ0n) is 14.4. The topological polar surface area (TPSA) is 79.5 Å². The van der Waals surface area contributed by atoms with Gasteiger partial charge in [0.2, 0.25) is 5.91 Å². The second-order valence-corrected chi connectivity index (χ2v) is 5.46. The van der Waals surface area contributed by atoms with E-state index in [1.54, 1.807) is 0 Å². The lowest BCUT2D eigenvalue weighted by molar-refractivity contribution is -0.121. The minimum atomic E-state index is -0.0385. The van der Waals surface area contributed by atoms with E-state index in [4.69, 9.17) is 5.73 Å². The maximum Gasteiger partial charge on any atom is 0.222 e. The summed E-state index contributed by atoms with van der Waals surface area (Å²) in [5, 5.41) is 5.91.